The summed E-state index contributed by atoms with van der Waals surface area (Å²) in [6, 6.07) is 8.22. The van der Waals surface area contributed by atoms with Gasteiger partial charge in [-0.05, 0) is 67.1 Å². The normalized spacial score (nSPS) is 11.2. The van der Waals surface area contributed by atoms with Crippen molar-refractivity contribution in [1.29, 1.82) is 0 Å². The molecule has 0 fully saturated rings. The number of carbonyl (C=O) groups excluding carboxylic acids is 1. The van der Waals surface area contributed by atoms with Crippen molar-refractivity contribution >= 4 is 48.5 Å². The van der Waals surface area contributed by atoms with Crippen LogP contribution in [0.2, 0.25) is 0 Å². The third-order valence-electron chi connectivity index (χ3n) is 4.35. The van der Waals surface area contributed by atoms with Gasteiger partial charge in [0.25, 0.3) is 5.91 Å². The predicted molar refractivity (Wildman–Crippen MR) is 116 cm³/mol. The molecule has 0 aliphatic heterocycles. The number of aryl methyl sites for hydroxylation is 3. The van der Waals surface area contributed by atoms with E-state index in [-0.39, 0.29) is 12.5 Å². The average molecular weight is 447 g/mol. The van der Waals surface area contributed by atoms with Gasteiger partial charge in [0.2, 0.25) is 0 Å². The predicted octanol–water partition coefficient (Wildman–Crippen LogP) is 6.12. The quantitative estimate of drug-likeness (QED) is 0.512. The fraction of sp³-hybridized carbons (Fsp3) is 0.333. The number of aromatic nitrogens is 1. The van der Waals surface area contributed by atoms with E-state index < -0.39 is 0 Å². The van der Waals surface area contributed by atoms with Gasteiger partial charge in [0.05, 0.1) is 10.2 Å². The highest BCUT2D eigenvalue weighted by molar-refractivity contribution is 9.10. The number of hydrogen-bond donors (Lipinski definition) is 1. The molecule has 0 saturated carbocycles. The summed E-state index contributed by atoms with van der Waals surface area (Å²) < 4.78 is 7.95. The Hall–Kier alpha value is -1.92. The molecule has 27 heavy (non-hydrogen) atoms. The van der Waals surface area contributed by atoms with E-state index in [0.717, 1.165) is 37.1 Å². The summed E-state index contributed by atoms with van der Waals surface area (Å²) in [4.78, 5) is 16.9. The molecular weight excluding hydrogens is 424 g/mol. The monoisotopic (exact) mass is 446 g/mol. The first kappa shape index (κ1) is 19.8. The van der Waals surface area contributed by atoms with Crippen LogP contribution in [0.4, 0.5) is 5.13 Å². The molecule has 0 atom stereocenters. The second-order valence-corrected chi connectivity index (χ2v) is 8.96. The van der Waals surface area contributed by atoms with Gasteiger partial charge >= 0.3 is 0 Å². The minimum absolute atomic E-state index is 0.0469. The maximum absolute atomic E-state index is 12.4. The Morgan fingerprint density at radius 3 is 2.63 bits per heavy atom. The van der Waals surface area contributed by atoms with Crippen LogP contribution < -0.4 is 10.1 Å². The molecule has 0 radical (unpaired) electrons. The minimum Gasteiger partial charge on any atom is -0.483 e. The number of halogens is 1. The Morgan fingerprint density at radius 2 is 1.93 bits per heavy atom. The molecule has 6 heteroatoms. The molecule has 1 N–H and O–H groups in total. The average Bonchev–Trinajstić information content (AvgIpc) is 2.97. The van der Waals surface area contributed by atoms with Crippen LogP contribution in [0.1, 0.15) is 42.0 Å². The minimum atomic E-state index is -0.210. The number of hydrogen-bond acceptors (Lipinski definition) is 4. The highest BCUT2D eigenvalue weighted by atomic mass is 79.9. The van der Waals surface area contributed by atoms with Crippen molar-refractivity contribution in [3.05, 3.63) is 51.0 Å². The molecule has 0 aliphatic carbocycles. The fourth-order valence-corrected chi connectivity index (χ4v) is 4.39. The maximum Gasteiger partial charge on any atom is 0.264 e. The molecule has 142 valence electrons. The van der Waals surface area contributed by atoms with Crippen LogP contribution in [-0.4, -0.2) is 17.5 Å². The van der Waals surface area contributed by atoms with Gasteiger partial charge < -0.3 is 4.74 Å². The molecule has 0 aliphatic rings. The zero-order valence-corrected chi connectivity index (χ0v) is 18.5. The van der Waals surface area contributed by atoms with Gasteiger partial charge in [-0.3, -0.25) is 10.1 Å². The van der Waals surface area contributed by atoms with E-state index in [1.807, 2.05) is 19.9 Å². The zero-order chi connectivity index (χ0) is 19.7. The first-order valence-electron chi connectivity index (χ1n) is 8.85. The topological polar surface area (TPSA) is 51.2 Å². The fourth-order valence-electron chi connectivity index (χ4n) is 2.97. The molecule has 1 heterocycles. The Kier molecular flexibility index (Phi) is 5.86. The van der Waals surface area contributed by atoms with Gasteiger partial charge in [-0.1, -0.05) is 47.2 Å². The van der Waals surface area contributed by atoms with Gasteiger partial charge in [0, 0.05) is 4.47 Å². The Bertz CT molecular complexity index is 1010. The van der Waals surface area contributed by atoms with E-state index in [1.165, 1.54) is 16.9 Å². The number of carbonyl (C=O) groups is 1. The van der Waals surface area contributed by atoms with E-state index in [0.29, 0.717) is 11.0 Å². The summed E-state index contributed by atoms with van der Waals surface area (Å²) in [5, 5.41) is 3.46. The van der Waals surface area contributed by atoms with Crippen molar-refractivity contribution in [2.24, 2.45) is 0 Å². The molecule has 3 rings (SSSR count). The summed E-state index contributed by atoms with van der Waals surface area (Å²) >= 11 is 5.04. The summed E-state index contributed by atoms with van der Waals surface area (Å²) in [6.07, 6.45) is 0. The lowest BCUT2D eigenvalue weighted by molar-refractivity contribution is -0.118. The number of ether oxygens (including phenoxy) is 1. The van der Waals surface area contributed by atoms with Crippen molar-refractivity contribution in [3.8, 4) is 5.75 Å². The molecule has 0 bridgehead atoms. The standard InChI is InChI=1S/C21H23BrN2O2S/c1-11(2)15-9-16(22)13(4)8-17(15)26-10-19(25)23-21-24-20-14(5)6-12(3)7-18(20)27-21/h6-9,11H,10H2,1-5H3,(H,23,24,25). The molecule has 1 aromatic heterocycles. The van der Waals surface area contributed by atoms with E-state index in [4.69, 9.17) is 4.74 Å². The summed E-state index contributed by atoms with van der Waals surface area (Å²) in [5.74, 6) is 0.839. The van der Waals surface area contributed by atoms with Crippen molar-refractivity contribution in [2.45, 2.75) is 40.5 Å². The largest absolute Gasteiger partial charge is 0.483 e. The van der Waals surface area contributed by atoms with Gasteiger partial charge in [-0.15, -0.1) is 0 Å². The lowest BCUT2D eigenvalue weighted by Gasteiger charge is -2.15. The number of nitrogens with one attached hydrogen (secondary N) is 1. The lowest BCUT2D eigenvalue weighted by atomic mass is 10.0. The van der Waals surface area contributed by atoms with Crippen molar-refractivity contribution < 1.29 is 9.53 Å². The molecular formula is C21H23BrN2O2S. The van der Waals surface area contributed by atoms with Crippen LogP contribution in [-0.2, 0) is 4.79 Å². The third-order valence-corrected chi connectivity index (χ3v) is 6.12. The number of nitrogens with zero attached hydrogens (tertiary/aromatic N) is 1. The second-order valence-electron chi connectivity index (χ2n) is 7.08. The van der Waals surface area contributed by atoms with Crippen molar-refractivity contribution in [3.63, 3.8) is 0 Å². The van der Waals surface area contributed by atoms with Crippen LogP contribution in [0.3, 0.4) is 0 Å². The van der Waals surface area contributed by atoms with Gasteiger partial charge in [-0.25, -0.2) is 4.98 Å². The Morgan fingerprint density at radius 1 is 1.19 bits per heavy atom. The summed E-state index contributed by atoms with van der Waals surface area (Å²) in [5.41, 5.74) is 5.40. The van der Waals surface area contributed by atoms with E-state index >= 15 is 0 Å². The molecule has 0 spiro atoms. The first-order valence-corrected chi connectivity index (χ1v) is 10.5. The van der Waals surface area contributed by atoms with Gasteiger partial charge in [0.1, 0.15) is 5.75 Å². The SMILES string of the molecule is Cc1cc(C)c2nc(NC(=O)COc3cc(C)c(Br)cc3C(C)C)sc2c1. The summed E-state index contributed by atoms with van der Waals surface area (Å²) in [6.45, 7) is 10.3. The second kappa shape index (κ2) is 7.98. The number of thiazole rings is 1. The van der Waals surface area contributed by atoms with Crippen LogP contribution in [0.5, 0.6) is 5.75 Å². The molecule has 0 saturated heterocycles. The van der Waals surface area contributed by atoms with E-state index in [9.17, 15) is 4.79 Å². The third kappa shape index (κ3) is 4.50. The smallest absolute Gasteiger partial charge is 0.264 e. The Balaban J connectivity index is 1.72. The first-order chi connectivity index (χ1) is 12.7. The molecule has 3 aromatic rings. The van der Waals surface area contributed by atoms with Crippen molar-refractivity contribution in [2.75, 3.05) is 11.9 Å². The molecule has 1 amide bonds. The van der Waals surface area contributed by atoms with Gasteiger partial charge in [0.15, 0.2) is 11.7 Å². The number of fused-ring (bicyclic) bond motifs is 1. The van der Waals surface area contributed by atoms with Crippen LogP contribution in [0.15, 0.2) is 28.7 Å². The zero-order valence-electron chi connectivity index (χ0n) is 16.1. The van der Waals surface area contributed by atoms with Crippen LogP contribution in [0, 0.1) is 20.8 Å². The van der Waals surface area contributed by atoms with Crippen molar-refractivity contribution in [1.82, 2.24) is 4.98 Å². The molecule has 2 aromatic carbocycles. The van der Waals surface area contributed by atoms with E-state index in [2.05, 4.69) is 65.2 Å². The highest BCUT2D eigenvalue weighted by Crippen LogP contribution is 2.32. The maximum atomic E-state index is 12.4. The number of anilines is 1. The summed E-state index contributed by atoms with van der Waals surface area (Å²) in [7, 11) is 0. The highest BCUT2D eigenvalue weighted by Gasteiger charge is 2.14. The molecule has 4 nitrogen and oxygen atoms in total. The van der Waals surface area contributed by atoms with Gasteiger partial charge in [-0.2, -0.15) is 0 Å². The van der Waals surface area contributed by atoms with Crippen LogP contribution >= 0.6 is 27.3 Å². The number of rotatable bonds is 5. The number of amides is 1. The van der Waals surface area contributed by atoms with Crippen LogP contribution in [0.25, 0.3) is 10.2 Å². The number of benzene rings is 2. The molecule has 0 unspecified atom stereocenters. The Labute approximate surface area is 172 Å². The lowest BCUT2D eigenvalue weighted by Crippen LogP contribution is -2.20. The van der Waals surface area contributed by atoms with E-state index in [1.54, 1.807) is 0 Å².